The first kappa shape index (κ1) is 11.2. The molecule has 1 heterocycles. The number of Topliss-reactive ketones (excluding diaryl/α,β-unsaturated/α-hetero) is 1. The SMILES string of the molecule is C#C/C=C(/C(=O)C(C)(C)C)n1cncn1. The smallest absolute Gasteiger partial charge is 0.187 e. The van der Waals surface area contributed by atoms with Gasteiger partial charge in [0.05, 0.1) is 0 Å². The van der Waals surface area contributed by atoms with Crippen LogP contribution in [0, 0.1) is 17.8 Å². The Balaban J connectivity index is 3.13. The largest absolute Gasteiger partial charge is 0.292 e. The molecule has 15 heavy (non-hydrogen) atoms. The summed E-state index contributed by atoms with van der Waals surface area (Å²) >= 11 is 0. The lowest BCUT2D eigenvalue weighted by Gasteiger charge is -2.17. The van der Waals surface area contributed by atoms with Gasteiger partial charge in [0.2, 0.25) is 0 Å². The molecule has 0 bridgehead atoms. The minimum absolute atomic E-state index is 0.0639. The highest BCUT2D eigenvalue weighted by Crippen LogP contribution is 2.21. The van der Waals surface area contributed by atoms with E-state index in [1.807, 2.05) is 20.8 Å². The lowest BCUT2D eigenvalue weighted by atomic mass is 9.89. The monoisotopic (exact) mass is 203 g/mol. The van der Waals surface area contributed by atoms with E-state index in [4.69, 9.17) is 6.42 Å². The first-order valence-electron chi connectivity index (χ1n) is 4.53. The lowest BCUT2D eigenvalue weighted by molar-refractivity contribution is -0.120. The Morgan fingerprint density at radius 2 is 2.20 bits per heavy atom. The van der Waals surface area contributed by atoms with Gasteiger partial charge in [0, 0.05) is 11.5 Å². The third-order valence-corrected chi connectivity index (χ3v) is 1.80. The van der Waals surface area contributed by atoms with Crippen molar-refractivity contribution in [3.63, 3.8) is 0 Å². The van der Waals surface area contributed by atoms with Crippen LogP contribution in [0.1, 0.15) is 20.8 Å². The third-order valence-electron chi connectivity index (χ3n) is 1.80. The first-order valence-corrected chi connectivity index (χ1v) is 4.53. The van der Waals surface area contributed by atoms with Crippen LogP contribution < -0.4 is 0 Å². The second-order valence-corrected chi connectivity index (χ2v) is 4.12. The van der Waals surface area contributed by atoms with E-state index in [9.17, 15) is 4.79 Å². The maximum absolute atomic E-state index is 12.0. The van der Waals surface area contributed by atoms with Gasteiger partial charge >= 0.3 is 0 Å². The molecule has 0 saturated carbocycles. The fourth-order valence-corrected chi connectivity index (χ4v) is 1.03. The Hall–Kier alpha value is -1.89. The molecule has 0 saturated heterocycles. The van der Waals surface area contributed by atoms with Crippen molar-refractivity contribution in [2.45, 2.75) is 20.8 Å². The van der Waals surface area contributed by atoms with Gasteiger partial charge in [-0.2, -0.15) is 5.10 Å². The normalized spacial score (nSPS) is 12.3. The van der Waals surface area contributed by atoms with Crippen LogP contribution in [0.25, 0.3) is 5.70 Å². The van der Waals surface area contributed by atoms with Crippen molar-refractivity contribution in [2.24, 2.45) is 5.41 Å². The number of rotatable bonds is 2. The highest BCUT2D eigenvalue weighted by atomic mass is 16.1. The standard InChI is InChI=1S/C11H13N3O/c1-5-6-9(10(15)11(2,3)4)14-8-12-7-13-14/h1,6-8H,2-4H3/b9-6-. The molecule has 0 aliphatic heterocycles. The van der Waals surface area contributed by atoms with Crippen molar-refractivity contribution in [3.05, 3.63) is 18.7 Å². The number of terminal acetylenes is 1. The zero-order chi connectivity index (χ0) is 11.5. The van der Waals surface area contributed by atoms with E-state index in [0.717, 1.165) is 0 Å². The summed E-state index contributed by atoms with van der Waals surface area (Å²) in [6.07, 6.45) is 9.39. The molecule has 0 spiro atoms. The molecule has 0 amide bonds. The van der Waals surface area contributed by atoms with Crippen molar-refractivity contribution in [2.75, 3.05) is 0 Å². The number of aromatic nitrogens is 3. The third kappa shape index (κ3) is 2.53. The zero-order valence-corrected chi connectivity index (χ0v) is 9.06. The van der Waals surface area contributed by atoms with Crippen LogP contribution in [0.4, 0.5) is 0 Å². The number of ketones is 1. The average Bonchev–Trinajstić information content (AvgIpc) is 2.64. The lowest BCUT2D eigenvalue weighted by Crippen LogP contribution is -2.24. The highest BCUT2D eigenvalue weighted by molar-refractivity contribution is 6.17. The summed E-state index contributed by atoms with van der Waals surface area (Å²) in [4.78, 5) is 15.8. The number of hydrogen-bond donors (Lipinski definition) is 0. The highest BCUT2D eigenvalue weighted by Gasteiger charge is 2.26. The molecular weight excluding hydrogens is 190 g/mol. The second kappa shape index (κ2) is 4.09. The number of carbonyl (C=O) groups is 1. The molecule has 4 heteroatoms. The van der Waals surface area contributed by atoms with Crippen molar-refractivity contribution < 1.29 is 4.79 Å². The van der Waals surface area contributed by atoms with Crippen molar-refractivity contribution in [1.82, 2.24) is 14.8 Å². The van der Waals surface area contributed by atoms with E-state index in [2.05, 4.69) is 16.0 Å². The van der Waals surface area contributed by atoms with Gasteiger partial charge in [0.15, 0.2) is 5.78 Å². The first-order chi connectivity index (χ1) is 6.96. The van der Waals surface area contributed by atoms with Gasteiger partial charge in [-0.05, 0) is 0 Å². The maximum Gasteiger partial charge on any atom is 0.187 e. The molecule has 0 radical (unpaired) electrons. The van der Waals surface area contributed by atoms with E-state index in [1.54, 1.807) is 0 Å². The predicted octanol–water partition coefficient (Wildman–Crippen LogP) is 1.37. The molecule has 0 aromatic carbocycles. The summed E-state index contributed by atoms with van der Waals surface area (Å²) in [5.41, 5.74) is -0.128. The van der Waals surface area contributed by atoms with Crippen LogP contribution in [-0.2, 0) is 4.79 Å². The van der Waals surface area contributed by atoms with Crippen LogP contribution in [0.2, 0.25) is 0 Å². The van der Waals surface area contributed by atoms with Gasteiger partial charge in [-0.1, -0.05) is 26.7 Å². The number of allylic oxidation sites excluding steroid dienone is 2. The van der Waals surface area contributed by atoms with Crippen molar-refractivity contribution in [3.8, 4) is 12.3 Å². The Morgan fingerprint density at radius 1 is 1.53 bits per heavy atom. The summed E-state index contributed by atoms with van der Waals surface area (Å²) < 4.78 is 1.38. The summed E-state index contributed by atoms with van der Waals surface area (Å²) in [6.45, 7) is 5.49. The van der Waals surface area contributed by atoms with Gasteiger partial charge in [-0.3, -0.25) is 4.79 Å². The number of nitrogens with zero attached hydrogens (tertiary/aromatic N) is 3. The Kier molecular flexibility index (Phi) is 3.05. The van der Waals surface area contributed by atoms with Crippen LogP contribution in [0.3, 0.4) is 0 Å². The molecule has 4 nitrogen and oxygen atoms in total. The summed E-state index contributed by atoms with van der Waals surface area (Å²) in [6, 6.07) is 0. The van der Waals surface area contributed by atoms with Gasteiger partial charge in [-0.15, -0.1) is 6.42 Å². The van der Waals surface area contributed by atoms with Gasteiger partial charge in [0.1, 0.15) is 18.4 Å². The van der Waals surface area contributed by atoms with E-state index in [-0.39, 0.29) is 5.78 Å². The molecule has 0 atom stereocenters. The van der Waals surface area contributed by atoms with E-state index < -0.39 is 5.41 Å². The summed E-state index contributed by atoms with van der Waals surface area (Å²) in [5, 5.41) is 3.89. The molecule has 0 N–H and O–H groups in total. The maximum atomic E-state index is 12.0. The molecule has 0 unspecified atom stereocenters. The molecule has 1 aromatic heterocycles. The minimum Gasteiger partial charge on any atom is -0.292 e. The second-order valence-electron chi connectivity index (χ2n) is 4.12. The van der Waals surface area contributed by atoms with Crippen LogP contribution in [-0.4, -0.2) is 20.5 Å². The molecular formula is C11H13N3O. The number of carbonyl (C=O) groups excluding carboxylic acids is 1. The Bertz CT molecular complexity index is 416. The van der Waals surface area contributed by atoms with E-state index >= 15 is 0 Å². The van der Waals surface area contributed by atoms with E-state index in [0.29, 0.717) is 5.70 Å². The zero-order valence-electron chi connectivity index (χ0n) is 9.06. The Morgan fingerprint density at radius 3 is 2.60 bits per heavy atom. The van der Waals surface area contributed by atoms with Crippen LogP contribution in [0.15, 0.2) is 18.7 Å². The van der Waals surface area contributed by atoms with Crippen LogP contribution >= 0.6 is 0 Å². The fourth-order valence-electron chi connectivity index (χ4n) is 1.03. The quantitative estimate of drug-likeness (QED) is 0.538. The van der Waals surface area contributed by atoms with Gasteiger partial charge in [-0.25, -0.2) is 9.67 Å². The molecule has 78 valence electrons. The summed E-state index contributed by atoms with van der Waals surface area (Å²) in [7, 11) is 0. The number of hydrogen-bond acceptors (Lipinski definition) is 3. The van der Waals surface area contributed by atoms with Gasteiger partial charge in [0.25, 0.3) is 0 Å². The summed E-state index contributed by atoms with van der Waals surface area (Å²) in [5.74, 6) is 2.27. The minimum atomic E-state index is -0.491. The fraction of sp³-hybridized carbons (Fsp3) is 0.364. The van der Waals surface area contributed by atoms with Crippen LogP contribution in [0.5, 0.6) is 0 Å². The van der Waals surface area contributed by atoms with Crippen molar-refractivity contribution >= 4 is 11.5 Å². The topological polar surface area (TPSA) is 47.8 Å². The molecule has 0 aliphatic rings. The molecule has 1 rings (SSSR count). The molecule has 1 aromatic rings. The van der Waals surface area contributed by atoms with Gasteiger partial charge < -0.3 is 0 Å². The molecule has 0 aliphatic carbocycles. The Labute approximate surface area is 89.0 Å². The average molecular weight is 203 g/mol. The van der Waals surface area contributed by atoms with Crippen molar-refractivity contribution in [1.29, 1.82) is 0 Å². The predicted molar refractivity (Wildman–Crippen MR) is 57.6 cm³/mol. The molecule has 0 fully saturated rings. The van der Waals surface area contributed by atoms with E-state index in [1.165, 1.54) is 23.4 Å².